The third-order valence-electron chi connectivity index (χ3n) is 2.55. The van der Waals surface area contributed by atoms with Crippen LogP contribution in [-0.2, 0) is 9.59 Å². The number of nitrogens with zero attached hydrogens (tertiary/aromatic N) is 2. The number of aromatic nitrogens is 1. The Hall–Kier alpha value is -1.98. The number of hydrogen-bond donors (Lipinski definition) is 1. The van der Waals surface area contributed by atoms with Crippen LogP contribution in [0.1, 0.15) is 6.42 Å². The van der Waals surface area contributed by atoms with E-state index in [1.165, 1.54) is 17.2 Å². The van der Waals surface area contributed by atoms with Crippen molar-refractivity contribution in [2.75, 3.05) is 11.4 Å². The summed E-state index contributed by atoms with van der Waals surface area (Å²) in [5.41, 5.74) is 5.53. The van der Waals surface area contributed by atoms with Gasteiger partial charge < -0.3 is 10.6 Å². The number of halogens is 1. The normalized spacial score (nSPS) is 20.2. The monoisotopic (exact) mass is 223 g/mol. The van der Waals surface area contributed by atoms with Crippen molar-refractivity contribution in [1.29, 1.82) is 0 Å². The predicted octanol–water partition coefficient (Wildman–Crippen LogP) is 0.0589. The third kappa shape index (κ3) is 1.86. The summed E-state index contributed by atoms with van der Waals surface area (Å²) in [4.78, 5) is 27.3. The van der Waals surface area contributed by atoms with E-state index in [2.05, 4.69) is 4.98 Å². The second-order valence-electron chi connectivity index (χ2n) is 3.64. The van der Waals surface area contributed by atoms with Crippen molar-refractivity contribution in [3.8, 4) is 0 Å². The van der Waals surface area contributed by atoms with Gasteiger partial charge in [-0.2, -0.15) is 4.39 Å². The minimum absolute atomic E-state index is 0.0826. The van der Waals surface area contributed by atoms with E-state index in [9.17, 15) is 14.0 Å². The zero-order valence-electron chi connectivity index (χ0n) is 8.39. The van der Waals surface area contributed by atoms with Crippen molar-refractivity contribution >= 4 is 17.5 Å². The van der Waals surface area contributed by atoms with Gasteiger partial charge in [-0.1, -0.05) is 0 Å². The lowest BCUT2D eigenvalue weighted by atomic mass is 10.1. The first-order valence-corrected chi connectivity index (χ1v) is 4.79. The van der Waals surface area contributed by atoms with Crippen LogP contribution >= 0.6 is 0 Å². The zero-order chi connectivity index (χ0) is 11.7. The maximum Gasteiger partial charge on any atom is 0.227 e. The number of carbonyl (C=O) groups is 2. The van der Waals surface area contributed by atoms with Gasteiger partial charge in [0, 0.05) is 30.9 Å². The fraction of sp³-hybridized carbons (Fsp3) is 0.300. The van der Waals surface area contributed by atoms with Gasteiger partial charge in [-0.15, -0.1) is 0 Å². The van der Waals surface area contributed by atoms with Crippen LogP contribution < -0.4 is 10.6 Å². The van der Waals surface area contributed by atoms with E-state index in [1.807, 2.05) is 0 Å². The molecule has 1 aromatic heterocycles. The summed E-state index contributed by atoms with van der Waals surface area (Å²) in [6.07, 6.45) is 1.36. The Bertz CT molecular complexity index is 449. The van der Waals surface area contributed by atoms with E-state index >= 15 is 0 Å². The first-order valence-electron chi connectivity index (χ1n) is 4.79. The number of carbonyl (C=O) groups excluding carboxylic acids is 2. The van der Waals surface area contributed by atoms with Gasteiger partial charge in [0.1, 0.15) is 0 Å². The van der Waals surface area contributed by atoms with Crippen molar-refractivity contribution in [3.63, 3.8) is 0 Å². The van der Waals surface area contributed by atoms with Crippen LogP contribution in [0.2, 0.25) is 0 Å². The van der Waals surface area contributed by atoms with Crippen LogP contribution in [-0.4, -0.2) is 23.3 Å². The molecule has 2 N–H and O–H groups in total. The molecule has 84 valence electrons. The topological polar surface area (TPSA) is 76.3 Å². The van der Waals surface area contributed by atoms with Crippen molar-refractivity contribution in [2.45, 2.75) is 6.42 Å². The second-order valence-corrected chi connectivity index (χ2v) is 3.64. The SMILES string of the molecule is NC(=O)C1CC(=O)N(c2ccnc(F)c2)C1. The molecule has 1 saturated heterocycles. The first kappa shape index (κ1) is 10.5. The standard InChI is InChI=1S/C10H10FN3O2/c11-8-4-7(1-2-13-8)14-5-6(10(12)16)3-9(14)15/h1-2,4,6H,3,5H2,(H2,12,16). The molecule has 1 aliphatic heterocycles. The number of primary amides is 1. The van der Waals surface area contributed by atoms with E-state index in [-0.39, 0.29) is 18.9 Å². The highest BCUT2D eigenvalue weighted by Crippen LogP contribution is 2.24. The third-order valence-corrected chi connectivity index (χ3v) is 2.55. The Labute approximate surface area is 91.1 Å². The van der Waals surface area contributed by atoms with Gasteiger partial charge in [-0.25, -0.2) is 4.98 Å². The molecule has 1 aliphatic rings. The van der Waals surface area contributed by atoms with Crippen molar-refractivity contribution < 1.29 is 14.0 Å². The van der Waals surface area contributed by atoms with Gasteiger partial charge in [0.2, 0.25) is 17.8 Å². The largest absolute Gasteiger partial charge is 0.369 e. The molecule has 2 heterocycles. The molecule has 16 heavy (non-hydrogen) atoms. The van der Waals surface area contributed by atoms with E-state index in [0.29, 0.717) is 5.69 Å². The maximum atomic E-state index is 12.9. The van der Waals surface area contributed by atoms with Gasteiger partial charge >= 0.3 is 0 Å². The lowest BCUT2D eigenvalue weighted by Crippen LogP contribution is -2.28. The minimum atomic E-state index is -0.659. The number of hydrogen-bond acceptors (Lipinski definition) is 3. The average molecular weight is 223 g/mol. The molecule has 0 aliphatic carbocycles. The zero-order valence-corrected chi connectivity index (χ0v) is 8.39. The van der Waals surface area contributed by atoms with Gasteiger partial charge in [0.25, 0.3) is 0 Å². The van der Waals surface area contributed by atoms with Crippen LogP contribution in [0.4, 0.5) is 10.1 Å². The highest BCUT2D eigenvalue weighted by atomic mass is 19.1. The van der Waals surface area contributed by atoms with Gasteiger partial charge in [0.05, 0.1) is 5.92 Å². The summed E-state index contributed by atoms with van der Waals surface area (Å²) >= 11 is 0. The Kier molecular flexibility index (Phi) is 2.55. The van der Waals surface area contributed by atoms with Crippen molar-refractivity contribution in [1.82, 2.24) is 4.98 Å². The molecule has 1 aromatic rings. The summed E-state index contributed by atoms with van der Waals surface area (Å²) in [5.74, 6) is -1.89. The van der Waals surface area contributed by atoms with Crippen LogP contribution in [0.5, 0.6) is 0 Å². The fourth-order valence-electron chi connectivity index (χ4n) is 1.71. The highest BCUT2D eigenvalue weighted by Gasteiger charge is 2.33. The number of pyridine rings is 1. The number of amides is 2. The molecule has 2 rings (SSSR count). The average Bonchev–Trinajstić information content (AvgIpc) is 2.60. The van der Waals surface area contributed by atoms with Crippen LogP contribution in [0.25, 0.3) is 0 Å². The van der Waals surface area contributed by atoms with Crippen LogP contribution in [0.3, 0.4) is 0 Å². The molecule has 5 nitrogen and oxygen atoms in total. The van der Waals surface area contributed by atoms with Gasteiger partial charge in [-0.3, -0.25) is 9.59 Å². The molecular formula is C10H10FN3O2. The van der Waals surface area contributed by atoms with Crippen molar-refractivity contribution in [2.24, 2.45) is 11.7 Å². The molecule has 1 atom stereocenters. The number of anilines is 1. The fourth-order valence-corrected chi connectivity index (χ4v) is 1.71. The Morgan fingerprint density at radius 2 is 2.38 bits per heavy atom. The molecule has 0 radical (unpaired) electrons. The van der Waals surface area contributed by atoms with Gasteiger partial charge in [0.15, 0.2) is 0 Å². The molecule has 2 amide bonds. The molecule has 0 aromatic carbocycles. The second kappa shape index (κ2) is 3.88. The van der Waals surface area contributed by atoms with Crippen LogP contribution in [0.15, 0.2) is 18.3 Å². The van der Waals surface area contributed by atoms with E-state index in [1.54, 1.807) is 0 Å². The van der Waals surface area contributed by atoms with E-state index < -0.39 is 17.8 Å². The van der Waals surface area contributed by atoms with Gasteiger partial charge in [-0.05, 0) is 6.07 Å². The summed E-state index contributed by atoms with van der Waals surface area (Å²) in [5, 5.41) is 0. The van der Waals surface area contributed by atoms with E-state index in [4.69, 9.17) is 5.73 Å². The smallest absolute Gasteiger partial charge is 0.227 e. The summed E-state index contributed by atoms with van der Waals surface area (Å²) in [6.45, 7) is 0.206. The number of rotatable bonds is 2. The summed E-state index contributed by atoms with van der Waals surface area (Å²) in [7, 11) is 0. The molecule has 1 unspecified atom stereocenters. The molecule has 6 heteroatoms. The number of nitrogens with two attached hydrogens (primary N) is 1. The summed E-state index contributed by atoms with van der Waals surface area (Å²) < 4.78 is 12.9. The first-order chi connectivity index (χ1) is 7.58. The lowest BCUT2D eigenvalue weighted by Gasteiger charge is -2.15. The Morgan fingerprint density at radius 1 is 1.62 bits per heavy atom. The van der Waals surface area contributed by atoms with Crippen molar-refractivity contribution in [3.05, 3.63) is 24.3 Å². The van der Waals surface area contributed by atoms with Crippen LogP contribution in [0, 0.1) is 11.9 Å². The molecule has 1 fully saturated rings. The molecular weight excluding hydrogens is 213 g/mol. The minimum Gasteiger partial charge on any atom is -0.369 e. The molecule has 0 spiro atoms. The predicted molar refractivity (Wildman–Crippen MR) is 53.8 cm³/mol. The highest BCUT2D eigenvalue weighted by molar-refractivity contribution is 5.99. The maximum absolute atomic E-state index is 12.9. The Balaban J connectivity index is 2.23. The Morgan fingerprint density at radius 3 is 2.94 bits per heavy atom. The molecule has 0 saturated carbocycles. The van der Waals surface area contributed by atoms with E-state index in [0.717, 1.165) is 6.07 Å². The molecule has 0 bridgehead atoms. The lowest BCUT2D eigenvalue weighted by molar-refractivity contribution is -0.123. The summed E-state index contributed by atoms with van der Waals surface area (Å²) in [6, 6.07) is 2.67. The quantitative estimate of drug-likeness (QED) is 0.720.